The topological polar surface area (TPSA) is 44.7 Å². The first-order valence-electron chi connectivity index (χ1n) is 7.23. The molecule has 0 radical (unpaired) electrons. The maximum atomic E-state index is 8.87. The number of aliphatic hydroxyl groups is 1. The van der Waals surface area contributed by atoms with Crippen LogP contribution in [0.15, 0.2) is 0 Å². The molecule has 0 bridgehead atoms. The van der Waals surface area contributed by atoms with E-state index in [1.165, 1.54) is 0 Å². The third-order valence-electron chi connectivity index (χ3n) is 3.66. The molecule has 0 aromatic heterocycles. The molecule has 0 aromatic carbocycles. The Kier molecular flexibility index (Phi) is 7.15. The van der Waals surface area contributed by atoms with Crippen molar-refractivity contribution in [3.8, 4) is 0 Å². The predicted molar refractivity (Wildman–Crippen MR) is 74.8 cm³/mol. The summed E-state index contributed by atoms with van der Waals surface area (Å²) in [4.78, 5) is 2.44. The molecule has 0 aromatic rings. The highest BCUT2D eigenvalue weighted by Crippen LogP contribution is 2.20. The van der Waals surface area contributed by atoms with Gasteiger partial charge in [-0.1, -0.05) is 20.8 Å². The SMILES string of the molecule is CCN1CCOC(CNCC(C)(C)CCCO)C1. The van der Waals surface area contributed by atoms with Crippen molar-refractivity contribution in [3.63, 3.8) is 0 Å². The minimum Gasteiger partial charge on any atom is -0.396 e. The smallest absolute Gasteiger partial charge is 0.0826 e. The van der Waals surface area contributed by atoms with Gasteiger partial charge in [-0.05, 0) is 24.8 Å². The molecule has 0 amide bonds. The Morgan fingerprint density at radius 3 is 2.89 bits per heavy atom. The molecule has 18 heavy (non-hydrogen) atoms. The Bertz CT molecular complexity index is 222. The van der Waals surface area contributed by atoms with Crippen molar-refractivity contribution < 1.29 is 9.84 Å². The maximum Gasteiger partial charge on any atom is 0.0826 e. The number of aliphatic hydroxyl groups excluding tert-OH is 1. The monoisotopic (exact) mass is 258 g/mol. The molecule has 1 aliphatic rings. The van der Waals surface area contributed by atoms with Gasteiger partial charge in [-0.2, -0.15) is 0 Å². The van der Waals surface area contributed by atoms with Crippen LogP contribution in [0.25, 0.3) is 0 Å². The lowest BCUT2D eigenvalue weighted by Crippen LogP contribution is -2.47. The van der Waals surface area contributed by atoms with E-state index in [9.17, 15) is 0 Å². The average Bonchev–Trinajstić information content (AvgIpc) is 2.36. The zero-order chi connectivity index (χ0) is 13.4. The quantitative estimate of drug-likeness (QED) is 0.684. The van der Waals surface area contributed by atoms with Gasteiger partial charge in [0.15, 0.2) is 0 Å². The van der Waals surface area contributed by atoms with Crippen LogP contribution >= 0.6 is 0 Å². The first kappa shape index (κ1) is 15.9. The Hall–Kier alpha value is -0.160. The minimum atomic E-state index is 0.252. The van der Waals surface area contributed by atoms with E-state index < -0.39 is 0 Å². The van der Waals surface area contributed by atoms with E-state index in [1.54, 1.807) is 0 Å². The van der Waals surface area contributed by atoms with Gasteiger partial charge in [-0.15, -0.1) is 0 Å². The zero-order valence-electron chi connectivity index (χ0n) is 12.2. The molecule has 4 nitrogen and oxygen atoms in total. The van der Waals surface area contributed by atoms with E-state index in [2.05, 4.69) is 31.0 Å². The number of morpholine rings is 1. The fraction of sp³-hybridized carbons (Fsp3) is 1.00. The number of hydrogen-bond acceptors (Lipinski definition) is 4. The van der Waals surface area contributed by atoms with Crippen LogP contribution in [0, 0.1) is 5.41 Å². The molecule has 1 saturated heterocycles. The van der Waals surface area contributed by atoms with Gasteiger partial charge in [0.25, 0.3) is 0 Å². The van der Waals surface area contributed by atoms with E-state index in [-0.39, 0.29) is 5.41 Å². The number of nitrogens with zero attached hydrogens (tertiary/aromatic N) is 1. The summed E-state index contributed by atoms with van der Waals surface area (Å²) in [6.45, 7) is 13.0. The van der Waals surface area contributed by atoms with Gasteiger partial charge >= 0.3 is 0 Å². The molecule has 1 heterocycles. The van der Waals surface area contributed by atoms with E-state index in [0.29, 0.717) is 12.7 Å². The minimum absolute atomic E-state index is 0.252. The van der Waals surface area contributed by atoms with Crippen LogP contribution in [0.5, 0.6) is 0 Å². The number of hydrogen-bond donors (Lipinski definition) is 2. The number of likely N-dealkylation sites (N-methyl/N-ethyl adjacent to an activating group) is 1. The second kappa shape index (κ2) is 8.10. The Labute approximate surface area is 112 Å². The van der Waals surface area contributed by atoms with E-state index in [0.717, 1.165) is 52.2 Å². The first-order chi connectivity index (χ1) is 8.57. The summed E-state index contributed by atoms with van der Waals surface area (Å²) in [6.07, 6.45) is 2.27. The molecule has 1 rings (SSSR count). The second-order valence-corrected chi connectivity index (χ2v) is 6.01. The van der Waals surface area contributed by atoms with Gasteiger partial charge in [-0.3, -0.25) is 4.90 Å². The van der Waals surface area contributed by atoms with Crippen LogP contribution in [0.4, 0.5) is 0 Å². The number of nitrogens with one attached hydrogen (secondary N) is 1. The predicted octanol–water partition coefficient (Wildman–Crippen LogP) is 1.10. The molecular weight excluding hydrogens is 228 g/mol. The van der Waals surface area contributed by atoms with Crippen LogP contribution < -0.4 is 5.32 Å². The summed E-state index contributed by atoms with van der Waals surface area (Å²) in [6, 6.07) is 0. The molecule has 1 aliphatic heterocycles. The van der Waals surface area contributed by atoms with Crippen molar-refractivity contribution in [1.82, 2.24) is 10.2 Å². The van der Waals surface area contributed by atoms with Gasteiger partial charge in [-0.25, -0.2) is 0 Å². The van der Waals surface area contributed by atoms with Gasteiger partial charge in [0.05, 0.1) is 12.7 Å². The van der Waals surface area contributed by atoms with Gasteiger partial charge in [0.1, 0.15) is 0 Å². The molecular formula is C14H30N2O2. The first-order valence-corrected chi connectivity index (χ1v) is 7.23. The Balaban J connectivity index is 2.16. The highest BCUT2D eigenvalue weighted by molar-refractivity contribution is 4.76. The van der Waals surface area contributed by atoms with Crippen molar-refractivity contribution in [2.24, 2.45) is 5.41 Å². The van der Waals surface area contributed by atoms with Crippen molar-refractivity contribution in [2.45, 2.75) is 39.7 Å². The summed E-state index contributed by atoms with van der Waals surface area (Å²) in [5, 5.41) is 12.4. The standard InChI is InChI=1S/C14H30N2O2/c1-4-16-7-9-18-13(11-16)10-15-12-14(2,3)6-5-8-17/h13,15,17H,4-12H2,1-3H3. The number of ether oxygens (including phenoxy) is 1. The number of rotatable bonds is 8. The summed E-state index contributed by atoms with van der Waals surface area (Å²) in [7, 11) is 0. The van der Waals surface area contributed by atoms with Crippen molar-refractivity contribution in [3.05, 3.63) is 0 Å². The molecule has 0 aliphatic carbocycles. The third kappa shape index (κ3) is 6.14. The van der Waals surface area contributed by atoms with Crippen molar-refractivity contribution >= 4 is 0 Å². The Morgan fingerprint density at radius 2 is 2.22 bits per heavy atom. The van der Waals surface area contributed by atoms with Crippen molar-refractivity contribution in [2.75, 3.05) is 45.9 Å². The molecule has 1 atom stereocenters. The zero-order valence-corrected chi connectivity index (χ0v) is 12.2. The van der Waals surface area contributed by atoms with Crippen LogP contribution in [0.2, 0.25) is 0 Å². The second-order valence-electron chi connectivity index (χ2n) is 6.01. The summed E-state index contributed by atoms with van der Waals surface area (Å²) in [5.74, 6) is 0. The lowest BCUT2D eigenvalue weighted by molar-refractivity contribution is -0.0260. The van der Waals surface area contributed by atoms with Gasteiger partial charge in [0, 0.05) is 32.8 Å². The Morgan fingerprint density at radius 1 is 1.44 bits per heavy atom. The van der Waals surface area contributed by atoms with Gasteiger partial charge < -0.3 is 15.2 Å². The molecule has 4 heteroatoms. The highest BCUT2D eigenvalue weighted by Gasteiger charge is 2.21. The molecule has 2 N–H and O–H groups in total. The van der Waals surface area contributed by atoms with E-state index in [4.69, 9.17) is 9.84 Å². The lowest BCUT2D eigenvalue weighted by Gasteiger charge is -2.33. The van der Waals surface area contributed by atoms with Crippen LogP contribution in [-0.2, 0) is 4.74 Å². The molecule has 108 valence electrons. The third-order valence-corrected chi connectivity index (χ3v) is 3.66. The largest absolute Gasteiger partial charge is 0.396 e. The van der Waals surface area contributed by atoms with Crippen molar-refractivity contribution in [1.29, 1.82) is 0 Å². The van der Waals surface area contributed by atoms with E-state index >= 15 is 0 Å². The molecule has 0 spiro atoms. The fourth-order valence-corrected chi connectivity index (χ4v) is 2.41. The average molecular weight is 258 g/mol. The summed E-state index contributed by atoms with van der Waals surface area (Å²) in [5.41, 5.74) is 0.252. The maximum absolute atomic E-state index is 8.87. The van der Waals surface area contributed by atoms with E-state index in [1.807, 2.05) is 0 Å². The van der Waals surface area contributed by atoms with Crippen LogP contribution in [0.1, 0.15) is 33.6 Å². The lowest BCUT2D eigenvalue weighted by atomic mass is 9.88. The highest BCUT2D eigenvalue weighted by atomic mass is 16.5. The normalized spacial score (nSPS) is 22.3. The molecule has 0 saturated carbocycles. The summed E-state index contributed by atoms with van der Waals surface area (Å²) >= 11 is 0. The molecule has 1 unspecified atom stereocenters. The summed E-state index contributed by atoms with van der Waals surface area (Å²) < 4.78 is 5.76. The van der Waals surface area contributed by atoms with Crippen LogP contribution in [-0.4, -0.2) is 62.0 Å². The fourth-order valence-electron chi connectivity index (χ4n) is 2.41. The van der Waals surface area contributed by atoms with Crippen LogP contribution in [0.3, 0.4) is 0 Å². The van der Waals surface area contributed by atoms with Gasteiger partial charge in [0.2, 0.25) is 0 Å². The molecule has 1 fully saturated rings.